The van der Waals surface area contributed by atoms with Gasteiger partial charge in [0.05, 0.1) is 6.61 Å². The standard InChI is InChI=1S/C22H20N2O5/c1-2-27-22(21(25)26,28-19-13-7-4-8-14-19)29-24-20(17-10-5-3-6-11-17)18-12-9-15-23-16-18/h3-16H,2H2,1H3,(H,25,26). The smallest absolute Gasteiger partial charge is 0.473 e. The van der Waals surface area contributed by atoms with E-state index >= 15 is 0 Å². The van der Waals surface area contributed by atoms with Crippen molar-refractivity contribution in [3.8, 4) is 5.75 Å². The van der Waals surface area contributed by atoms with E-state index < -0.39 is 11.9 Å². The molecule has 2 aromatic carbocycles. The quantitative estimate of drug-likeness (QED) is 0.339. The van der Waals surface area contributed by atoms with E-state index in [1.165, 1.54) is 0 Å². The van der Waals surface area contributed by atoms with E-state index in [1.54, 1.807) is 61.8 Å². The summed E-state index contributed by atoms with van der Waals surface area (Å²) in [6, 6.07) is 21.2. The maximum atomic E-state index is 12.0. The zero-order chi connectivity index (χ0) is 20.5. The van der Waals surface area contributed by atoms with Crippen LogP contribution in [-0.2, 0) is 14.4 Å². The second-order valence-electron chi connectivity index (χ2n) is 5.85. The van der Waals surface area contributed by atoms with E-state index in [-0.39, 0.29) is 12.4 Å². The van der Waals surface area contributed by atoms with Gasteiger partial charge in [0.25, 0.3) is 0 Å². The molecular weight excluding hydrogens is 372 g/mol. The molecule has 1 atom stereocenters. The topological polar surface area (TPSA) is 90.2 Å². The molecule has 0 saturated carbocycles. The molecular formula is C22H20N2O5. The van der Waals surface area contributed by atoms with Crippen LogP contribution in [0.25, 0.3) is 0 Å². The van der Waals surface area contributed by atoms with E-state index in [2.05, 4.69) is 10.1 Å². The molecule has 3 rings (SSSR count). The number of para-hydroxylation sites is 1. The number of carbonyl (C=O) groups is 1. The molecule has 3 aromatic rings. The molecule has 7 heteroatoms. The third kappa shape index (κ3) is 4.97. The molecule has 0 amide bonds. The Morgan fingerprint density at radius 2 is 1.66 bits per heavy atom. The number of benzene rings is 2. The van der Waals surface area contributed by atoms with Gasteiger partial charge in [-0.2, -0.15) is 0 Å². The number of carboxylic acids is 1. The first-order chi connectivity index (χ1) is 14.1. The lowest BCUT2D eigenvalue weighted by Gasteiger charge is -2.26. The first-order valence-electron chi connectivity index (χ1n) is 8.98. The van der Waals surface area contributed by atoms with Crippen LogP contribution in [-0.4, -0.2) is 34.4 Å². The highest BCUT2D eigenvalue weighted by Crippen LogP contribution is 2.23. The molecule has 0 radical (unpaired) electrons. The van der Waals surface area contributed by atoms with Crippen molar-refractivity contribution in [2.45, 2.75) is 12.9 Å². The first kappa shape index (κ1) is 20.0. The second kappa shape index (κ2) is 9.48. The summed E-state index contributed by atoms with van der Waals surface area (Å²) in [5, 5.41) is 13.9. The lowest BCUT2D eigenvalue weighted by molar-refractivity contribution is -0.328. The van der Waals surface area contributed by atoms with Gasteiger partial charge in [-0.1, -0.05) is 53.7 Å². The van der Waals surface area contributed by atoms with Gasteiger partial charge in [-0.3, -0.25) is 9.72 Å². The first-order valence-corrected chi connectivity index (χ1v) is 8.98. The Kier molecular flexibility index (Phi) is 6.55. The molecule has 0 saturated heterocycles. The van der Waals surface area contributed by atoms with Crippen molar-refractivity contribution in [1.29, 1.82) is 0 Å². The van der Waals surface area contributed by atoms with Crippen molar-refractivity contribution < 1.29 is 24.2 Å². The second-order valence-corrected chi connectivity index (χ2v) is 5.85. The van der Waals surface area contributed by atoms with Gasteiger partial charge in [0.1, 0.15) is 11.5 Å². The Morgan fingerprint density at radius 3 is 2.24 bits per heavy atom. The Morgan fingerprint density at radius 1 is 1.00 bits per heavy atom. The van der Waals surface area contributed by atoms with E-state index in [4.69, 9.17) is 14.3 Å². The van der Waals surface area contributed by atoms with Crippen LogP contribution in [0.4, 0.5) is 0 Å². The van der Waals surface area contributed by atoms with Gasteiger partial charge in [-0.25, -0.2) is 4.79 Å². The number of hydrogen-bond donors (Lipinski definition) is 1. The Hall–Kier alpha value is -3.71. The van der Waals surface area contributed by atoms with E-state index in [0.717, 1.165) is 5.56 Å². The maximum absolute atomic E-state index is 12.0. The molecule has 0 bridgehead atoms. The van der Waals surface area contributed by atoms with Crippen molar-refractivity contribution >= 4 is 11.7 Å². The summed E-state index contributed by atoms with van der Waals surface area (Å²) in [5.74, 6) is -3.65. The van der Waals surface area contributed by atoms with Crippen LogP contribution < -0.4 is 4.74 Å². The van der Waals surface area contributed by atoms with Crippen molar-refractivity contribution in [3.05, 3.63) is 96.3 Å². The number of aliphatic carboxylic acids is 1. The Balaban J connectivity index is 2.01. The number of oxime groups is 1. The van der Waals surface area contributed by atoms with Crippen LogP contribution in [0.15, 0.2) is 90.3 Å². The molecule has 148 valence electrons. The summed E-state index contributed by atoms with van der Waals surface area (Å²) in [6.45, 7) is 1.67. The fourth-order valence-electron chi connectivity index (χ4n) is 2.53. The molecule has 0 aliphatic heterocycles. The highest BCUT2D eigenvalue weighted by molar-refractivity contribution is 6.12. The summed E-state index contributed by atoms with van der Waals surface area (Å²) < 4.78 is 10.9. The minimum Gasteiger partial charge on any atom is -0.473 e. The molecule has 29 heavy (non-hydrogen) atoms. The molecule has 0 spiro atoms. The molecule has 7 nitrogen and oxygen atoms in total. The number of aromatic nitrogens is 1. The van der Waals surface area contributed by atoms with E-state index in [1.807, 2.05) is 30.3 Å². The highest BCUT2D eigenvalue weighted by Gasteiger charge is 2.47. The summed E-state index contributed by atoms with van der Waals surface area (Å²) in [6.07, 6.45) is 3.24. The third-order valence-corrected chi connectivity index (χ3v) is 3.83. The van der Waals surface area contributed by atoms with E-state index in [0.29, 0.717) is 11.3 Å². The summed E-state index contributed by atoms with van der Waals surface area (Å²) in [5.41, 5.74) is 1.76. The third-order valence-electron chi connectivity index (χ3n) is 3.83. The van der Waals surface area contributed by atoms with Crippen molar-refractivity contribution in [2.24, 2.45) is 5.16 Å². The van der Waals surface area contributed by atoms with E-state index in [9.17, 15) is 9.90 Å². The summed E-state index contributed by atoms with van der Waals surface area (Å²) >= 11 is 0. The molecule has 0 aliphatic carbocycles. The minimum absolute atomic E-state index is 0.0300. The fourth-order valence-corrected chi connectivity index (χ4v) is 2.53. The number of ether oxygens (including phenoxy) is 2. The number of nitrogens with zero attached hydrogens (tertiary/aromatic N) is 2. The highest BCUT2D eigenvalue weighted by atomic mass is 16.9. The predicted molar refractivity (Wildman–Crippen MR) is 106 cm³/mol. The number of rotatable bonds is 9. The van der Waals surface area contributed by atoms with Gasteiger partial charge >= 0.3 is 11.9 Å². The van der Waals surface area contributed by atoms with Gasteiger partial charge < -0.3 is 14.7 Å². The molecule has 0 aliphatic rings. The van der Waals surface area contributed by atoms with Crippen LogP contribution in [0.3, 0.4) is 0 Å². The molecule has 1 aromatic heterocycles. The number of pyridine rings is 1. The zero-order valence-corrected chi connectivity index (χ0v) is 15.8. The average Bonchev–Trinajstić information content (AvgIpc) is 2.76. The van der Waals surface area contributed by atoms with Crippen LogP contribution in [0, 0.1) is 0 Å². The summed E-state index contributed by atoms with van der Waals surface area (Å²) in [7, 11) is 0. The zero-order valence-electron chi connectivity index (χ0n) is 15.8. The van der Waals surface area contributed by atoms with Crippen molar-refractivity contribution in [2.75, 3.05) is 6.61 Å². The normalized spacial score (nSPS) is 13.3. The van der Waals surface area contributed by atoms with Gasteiger partial charge in [-0.15, -0.1) is 0 Å². The minimum atomic E-state index is -2.45. The van der Waals surface area contributed by atoms with Crippen LogP contribution in [0.1, 0.15) is 18.1 Å². The largest absolute Gasteiger partial charge is 0.496 e. The van der Waals surface area contributed by atoms with Gasteiger partial charge in [0.15, 0.2) is 0 Å². The van der Waals surface area contributed by atoms with Gasteiger partial charge in [0, 0.05) is 23.5 Å². The molecule has 1 heterocycles. The lowest BCUT2D eigenvalue weighted by Crippen LogP contribution is -2.49. The maximum Gasteiger partial charge on any atom is 0.496 e. The van der Waals surface area contributed by atoms with Crippen LogP contribution in [0.5, 0.6) is 5.75 Å². The molecule has 1 N–H and O–H groups in total. The lowest BCUT2D eigenvalue weighted by atomic mass is 10.0. The SMILES string of the molecule is CCOC(ON=C(c1ccccc1)c1cccnc1)(Oc1ccccc1)C(=O)O. The summed E-state index contributed by atoms with van der Waals surface area (Å²) in [4.78, 5) is 21.6. The average molecular weight is 392 g/mol. The van der Waals surface area contributed by atoms with Gasteiger partial charge in [0.2, 0.25) is 0 Å². The Labute approximate surface area is 168 Å². The molecule has 1 unspecified atom stereocenters. The Bertz CT molecular complexity index is 907. The number of hydrogen-bond acceptors (Lipinski definition) is 6. The van der Waals surface area contributed by atoms with Gasteiger partial charge in [-0.05, 0) is 31.2 Å². The van der Waals surface area contributed by atoms with Crippen LogP contribution in [0.2, 0.25) is 0 Å². The molecule has 0 fully saturated rings. The fraction of sp³-hybridized carbons (Fsp3) is 0.136. The number of carboxylic acid groups (broad SMARTS) is 1. The monoisotopic (exact) mass is 392 g/mol. The van der Waals surface area contributed by atoms with Crippen LogP contribution >= 0.6 is 0 Å². The predicted octanol–water partition coefficient (Wildman–Crippen LogP) is 3.70. The van der Waals surface area contributed by atoms with Crippen molar-refractivity contribution in [3.63, 3.8) is 0 Å². The van der Waals surface area contributed by atoms with Crippen molar-refractivity contribution in [1.82, 2.24) is 4.98 Å².